The Morgan fingerprint density at radius 3 is 1.17 bits per heavy atom. The molecule has 2 aromatic carbocycles. The van der Waals surface area contributed by atoms with Gasteiger partial charge in [-0.2, -0.15) is 0 Å². The van der Waals surface area contributed by atoms with Crippen LogP contribution in [0, 0.1) is 0 Å². The van der Waals surface area contributed by atoms with E-state index in [4.69, 9.17) is 19.9 Å². The predicted octanol–water partition coefficient (Wildman–Crippen LogP) is 9.19. The van der Waals surface area contributed by atoms with E-state index in [1.54, 1.807) is 0 Å². The van der Waals surface area contributed by atoms with Crippen molar-refractivity contribution in [3.8, 4) is 11.5 Å². The molecule has 0 saturated carbocycles. The fourth-order valence-corrected chi connectivity index (χ4v) is 9.55. The van der Waals surface area contributed by atoms with Gasteiger partial charge in [-0.3, -0.25) is 0 Å². The number of nitrogens with zero attached hydrogens (tertiary/aromatic N) is 1. The summed E-state index contributed by atoms with van der Waals surface area (Å²) in [6, 6.07) is 9.30. The fraction of sp³-hybridized carbons (Fsp3) is 0.600. The molecule has 2 aromatic rings. The Morgan fingerprint density at radius 2 is 0.914 bits per heavy atom. The molecule has 0 bridgehead atoms. The van der Waals surface area contributed by atoms with Gasteiger partial charge in [0.2, 0.25) is 0 Å². The quantitative estimate of drug-likeness (QED) is 0.257. The van der Waals surface area contributed by atoms with Crippen LogP contribution in [0.5, 0.6) is 11.5 Å². The first-order chi connectivity index (χ1) is 15.4. The van der Waals surface area contributed by atoms with Gasteiger partial charge in [0.25, 0.3) is 0 Å². The van der Waals surface area contributed by atoms with E-state index in [2.05, 4.69) is 114 Å². The minimum absolute atomic E-state index is 0.0109. The van der Waals surface area contributed by atoms with E-state index in [0.717, 1.165) is 22.9 Å². The van der Waals surface area contributed by atoms with Crippen LogP contribution < -0.4 is 13.0 Å². The van der Waals surface area contributed by atoms with Crippen LogP contribution in [0.25, 0.3) is 0 Å². The van der Waals surface area contributed by atoms with Gasteiger partial charge in [-0.05, 0) is 0 Å². The van der Waals surface area contributed by atoms with Crippen LogP contribution in [0.2, 0.25) is 6.55 Å². The Balaban J connectivity index is 2.17. The summed E-state index contributed by atoms with van der Waals surface area (Å²) >= 11 is 7.75. The Labute approximate surface area is 218 Å². The normalized spacial score (nSPS) is 23.9. The summed E-state index contributed by atoms with van der Waals surface area (Å²) in [5.41, 5.74) is 7.00. The number of halogens is 1. The maximum atomic E-state index is 7.75. The molecule has 3 nitrogen and oxygen atoms in total. The number of fused-ring (bicyclic) bond motifs is 5. The van der Waals surface area contributed by atoms with Gasteiger partial charge in [-0.25, -0.2) is 0 Å². The van der Waals surface area contributed by atoms with E-state index in [-0.39, 0.29) is 21.7 Å². The van der Waals surface area contributed by atoms with Gasteiger partial charge in [-0.15, -0.1) is 0 Å². The summed E-state index contributed by atoms with van der Waals surface area (Å²) < 4.78 is 14.3. The van der Waals surface area contributed by atoms with E-state index in [1.165, 1.54) is 22.3 Å². The van der Waals surface area contributed by atoms with Gasteiger partial charge in [-0.1, -0.05) is 0 Å². The Kier molecular flexibility index (Phi) is 5.22. The predicted molar refractivity (Wildman–Crippen MR) is 154 cm³/mol. The molecule has 0 aromatic heterocycles. The molecule has 194 valence electrons. The molecule has 0 saturated heterocycles. The molecule has 0 aliphatic carbocycles. The first-order valence-corrected chi connectivity index (χ1v) is 16.7. The first kappa shape index (κ1) is 26.6. The van der Waals surface area contributed by atoms with Crippen LogP contribution in [-0.2, 0) is 21.7 Å². The van der Waals surface area contributed by atoms with Crippen LogP contribution >= 0.6 is 11.1 Å². The van der Waals surface area contributed by atoms with E-state index >= 15 is 0 Å². The third-order valence-corrected chi connectivity index (χ3v) is 13.3. The monoisotopic (exact) mass is 515 g/mol. The summed E-state index contributed by atoms with van der Waals surface area (Å²) in [6.07, 6.45) is 0. The average molecular weight is 516 g/mol. The van der Waals surface area contributed by atoms with Crippen molar-refractivity contribution < 1.29 is 8.85 Å². The average Bonchev–Trinajstić information content (AvgIpc) is 2.93. The van der Waals surface area contributed by atoms with Crippen molar-refractivity contribution in [3.05, 3.63) is 46.5 Å². The molecule has 5 heteroatoms. The van der Waals surface area contributed by atoms with Crippen LogP contribution in [-0.4, -0.2) is 14.4 Å². The molecule has 0 amide bonds. The number of rotatable bonds is 0. The third kappa shape index (κ3) is 3.69. The van der Waals surface area contributed by atoms with E-state index < -0.39 is 7.31 Å². The molecular formula is C30H46ClNO2Si. The van der Waals surface area contributed by atoms with E-state index in [0.29, 0.717) is 4.15 Å². The third-order valence-electron chi connectivity index (χ3n) is 8.09. The zero-order valence-corrected chi connectivity index (χ0v) is 26.2. The second-order valence-corrected chi connectivity index (χ2v) is 21.8. The van der Waals surface area contributed by atoms with Crippen molar-refractivity contribution in [1.82, 2.24) is 4.15 Å². The van der Waals surface area contributed by atoms with Crippen molar-refractivity contribution in [3.63, 3.8) is 0 Å². The number of benzene rings is 2. The van der Waals surface area contributed by atoms with Crippen LogP contribution in [0.3, 0.4) is 0 Å². The van der Waals surface area contributed by atoms with Gasteiger partial charge >= 0.3 is 219 Å². The van der Waals surface area contributed by atoms with Crippen molar-refractivity contribution >= 4 is 29.8 Å². The first-order valence-electron chi connectivity index (χ1n) is 12.9. The van der Waals surface area contributed by atoms with Crippen molar-refractivity contribution in [2.45, 2.75) is 111 Å². The summed E-state index contributed by atoms with van der Waals surface area (Å²) in [5.74, 6) is 1.81. The second-order valence-electron chi connectivity index (χ2n) is 15.3. The minimum atomic E-state index is -4.09. The van der Waals surface area contributed by atoms with E-state index in [1.807, 2.05) is 6.55 Å². The summed E-state index contributed by atoms with van der Waals surface area (Å²) in [7, 11) is -1.87. The van der Waals surface area contributed by atoms with Gasteiger partial charge < -0.3 is 0 Å². The molecule has 0 radical (unpaired) electrons. The molecule has 2 aliphatic rings. The Bertz CT molecular complexity index is 1140. The molecule has 0 atom stereocenters. The molecule has 2 aliphatic heterocycles. The standard InChI is InChI=1S/C30H46ClNO2Si/c1-27(2,3)19-15-21(29(7,8)9)25-23(17-19)32(13)24-18-20(28(4,5)6)16-22(30(10,11)12)26(24)34-35(32,14,31)33-25/h15-18H,1-14H3. The number of quaternary nitrogens is 1. The summed E-state index contributed by atoms with van der Waals surface area (Å²) in [6.45, 7) is 29.2. The molecule has 4 rings (SSSR count). The van der Waals surface area contributed by atoms with Crippen molar-refractivity contribution in [1.29, 1.82) is 0 Å². The summed E-state index contributed by atoms with van der Waals surface area (Å²) in [5, 5.41) is 0. The maximum absolute atomic E-state index is 7.75. The van der Waals surface area contributed by atoms with Gasteiger partial charge in [0.15, 0.2) is 0 Å². The molecule has 2 heterocycles. The zero-order chi connectivity index (χ0) is 26.8. The van der Waals surface area contributed by atoms with Gasteiger partial charge in [0.05, 0.1) is 0 Å². The molecule has 35 heavy (non-hydrogen) atoms. The SMILES string of the molecule is CC(C)(C)c1cc(C(C)(C)C)c2c(c1)[N+]1(C)c3cc(C(C)(C)C)cc(C(C)(C)C)c3O[Si-]1(C)(Cl)O2. The van der Waals surface area contributed by atoms with Crippen LogP contribution in [0.4, 0.5) is 11.4 Å². The molecule has 0 unspecified atom stereocenters. The van der Waals surface area contributed by atoms with Crippen LogP contribution in [0.1, 0.15) is 105 Å². The molecule has 0 spiro atoms. The Hall–Kier alpha value is -1.49. The van der Waals surface area contributed by atoms with Gasteiger partial charge in [0, 0.05) is 0 Å². The molecular weight excluding hydrogens is 470 g/mol. The van der Waals surface area contributed by atoms with Crippen LogP contribution in [0.15, 0.2) is 24.3 Å². The number of hydrogen-bond donors (Lipinski definition) is 0. The van der Waals surface area contributed by atoms with Gasteiger partial charge in [0.1, 0.15) is 0 Å². The zero-order valence-electron chi connectivity index (χ0n) is 24.5. The van der Waals surface area contributed by atoms with E-state index in [9.17, 15) is 0 Å². The number of hydrogen-bond acceptors (Lipinski definition) is 2. The second kappa shape index (κ2) is 6.88. The Morgan fingerprint density at radius 1 is 0.600 bits per heavy atom. The topological polar surface area (TPSA) is 18.5 Å². The molecule has 0 N–H and O–H groups in total. The van der Waals surface area contributed by atoms with Crippen molar-refractivity contribution in [2.75, 3.05) is 7.05 Å². The fourth-order valence-electron chi connectivity index (χ4n) is 5.40. The summed E-state index contributed by atoms with van der Waals surface area (Å²) in [4.78, 5) is 0. The molecule has 0 fully saturated rings. The van der Waals surface area contributed by atoms with Crippen molar-refractivity contribution in [2.24, 2.45) is 0 Å².